The van der Waals surface area contributed by atoms with Crippen molar-refractivity contribution in [1.82, 2.24) is 25.1 Å². The Labute approximate surface area is 157 Å². The first-order valence-corrected chi connectivity index (χ1v) is 8.97. The normalized spacial score (nSPS) is 14.9. The van der Waals surface area contributed by atoms with Crippen LogP contribution in [-0.2, 0) is 0 Å². The molecule has 1 fully saturated rings. The number of hydrogen-bond acceptors (Lipinski definition) is 5. The number of halogens is 1. The van der Waals surface area contributed by atoms with Gasteiger partial charge in [-0.2, -0.15) is 4.68 Å². The van der Waals surface area contributed by atoms with Crippen LogP contribution >= 0.6 is 0 Å². The van der Waals surface area contributed by atoms with Crippen LogP contribution in [0.5, 0.6) is 0 Å². The van der Waals surface area contributed by atoms with Crippen LogP contribution in [-0.4, -0.2) is 51.3 Å². The highest BCUT2D eigenvalue weighted by atomic mass is 19.1. The second kappa shape index (κ2) is 7.57. The highest BCUT2D eigenvalue weighted by Gasteiger charge is 2.15. The van der Waals surface area contributed by atoms with E-state index in [0.717, 1.165) is 37.6 Å². The molecule has 1 saturated heterocycles. The van der Waals surface area contributed by atoms with E-state index in [0.29, 0.717) is 5.82 Å². The SMILES string of the molecule is Cc1ccc(-n2nnnc2/C=C/N2CCN(c3ccc(F)cc3)CC2)cc1. The minimum Gasteiger partial charge on any atom is -0.374 e. The Balaban J connectivity index is 1.40. The van der Waals surface area contributed by atoms with Crippen molar-refractivity contribution in [3.8, 4) is 5.69 Å². The Hall–Kier alpha value is -3.22. The van der Waals surface area contributed by atoms with Gasteiger partial charge in [0.15, 0.2) is 5.82 Å². The van der Waals surface area contributed by atoms with Gasteiger partial charge in [-0.05, 0) is 53.7 Å². The second-order valence-corrected chi connectivity index (χ2v) is 6.60. The van der Waals surface area contributed by atoms with Gasteiger partial charge in [0.1, 0.15) is 5.82 Å². The molecule has 1 aliphatic rings. The van der Waals surface area contributed by atoms with E-state index in [1.165, 1.54) is 17.7 Å². The molecule has 7 heteroatoms. The summed E-state index contributed by atoms with van der Waals surface area (Å²) in [5.41, 5.74) is 3.19. The van der Waals surface area contributed by atoms with Crippen LogP contribution in [0.1, 0.15) is 11.4 Å². The smallest absolute Gasteiger partial charge is 0.181 e. The summed E-state index contributed by atoms with van der Waals surface area (Å²) in [4.78, 5) is 4.51. The van der Waals surface area contributed by atoms with Crippen LogP contribution in [0.2, 0.25) is 0 Å². The van der Waals surface area contributed by atoms with E-state index in [4.69, 9.17) is 0 Å². The summed E-state index contributed by atoms with van der Waals surface area (Å²) in [5, 5.41) is 12.0. The summed E-state index contributed by atoms with van der Waals surface area (Å²) in [6, 6.07) is 14.8. The molecule has 0 N–H and O–H groups in total. The molecule has 0 radical (unpaired) electrons. The molecular weight excluding hydrogens is 343 g/mol. The monoisotopic (exact) mass is 364 g/mol. The van der Waals surface area contributed by atoms with Gasteiger partial charge in [-0.1, -0.05) is 17.7 Å². The van der Waals surface area contributed by atoms with E-state index in [-0.39, 0.29) is 5.82 Å². The molecular formula is C20H21FN6. The van der Waals surface area contributed by atoms with Crippen molar-refractivity contribution < 1.29 is 4.39 Å². The topological polar surface area (TPSA) is 50.1 Å². The van der Waals surface area contributed by atoms with Crippen LogP contribution < -0.4 is 4.90 Å². The lowest BCUT2D eigenvalue weighted by molar-refractivity contribution is 0.351. The average Bonchev–Trinajstić information content (AvgIpc) is 3.17. The van der Waals surface area contributed by atoms with Gasteiger partial charge in [-0.15, -0.1) is 5.10 Å². The number of rotatable bonds is 4. The van der Waals surface area contributed by atoms with Crippen molar-refractivity contribution in [3.63, 3.8) is 0 Å². The molecule has 0 atom stereocenters. The minimum atomic E-state index is -0.202. The van der Waals surface area contributed by atoms with Crippen molar-refractivity contribution >= 4 is 11.8 Å². The molecule has 0 saturated carbocycles. The predicted octanol–water partition coefficient (Wildman–Crippen LogP) is 2.90. The van der Waals surface area contributed by atoms with Gasteiger partial charge in [0, 0.05) is 44.1 Å². The van der Waals surface area contributed by atoms with Gasteiger partial charge in [0.05, 0.1) is 5.69 Å². The highest BCUT2D eigenvalue weighted by molar-refractivity contribution is 5.47. The predicted molar refractivity (Wildman–Crippen MR) is 103 cm³/mol. The number of nitrogens with zero attached hydrogens (tertiary/aromatic N) is 6. The summed E-state index contributed by atoms with van der Waals surface area (Å²) in [6.45, 7) is 5.60. The fraction of sp³-hybridized carbons (Fsp3) is 0.250. The van der Waals surface area contributed by atoms with E-state index in [9.17, 15) is 4.39 Å². The Bertz CT molecular complexity index is 908. The first kappa shape index (κ1) is 17.2. The second-order valence-electron chi connectivity index (χ2n) is 6.60. The Morgan fingerprint density at radius 2 is 1.56 bits per heavy atom. The van der Waals surface area contributed by atoms with E-state index < -0.39 is 0 Å². The molecule has 3 aromatic rings. The molecule has 1 aromatic heterocycles. The number of anilines is 1. The quantitative estimate of drug-likeness (QED) is 0.712. The molecule has 0 aliphatic carbocycles. The molecule has 0 amide bonds. The zero-order valence-electron chi connectivity index (χ0n) is 15.2. The van der Waals surface area contributed by atoms with Crippen molar-refractivity contribution in [2.75, 3.05) is 31.1 Å². The summed E-state index contributed by atoms with van der Waals surface area (Å²) < 4.78 is 14.8. The van der Waals surface area contributed by atoms with Crippen LogP contribution in [0.4, 0.5) is 10.1 Å². The van der Waals surface area contributed by atoms with Crippen molar-refractivity contribution in [2.24, 2.45) is 0 Å². The lowest BCUT2D eigenvalue weighted by atomic mass is 10.2. The van der Waals surface area contributed by atoms with E-state index >= 15 is 0 Å². The van der Waals surface area contributed by atoms with Gasteiger partial charge < -0.3 is 9.80 Å². The van der Waals surface area contributed by atoms with Crippen molar-refractivity contribution in [2.45, 2.75) is 6.92 Å². The van der Waals surface area contributed by atoms with E-state index in [1.807, 2.05) is 48.7 Å². The molecule has 2 heterocycles. The van der Waals surface area contributed by atoms with Crippen LogP contribution in [0.3, 0.4) is 0 Å². The van der Waals surface area contributed by atoms with Gasteiger partial charge in [-0.25, -0.2) is 4.39 Å². The standard InChI is InChI=1S/C20H21FN6/c1-16-2-6-19(7-3-16)27-20(22-23-24-27)10-11-25-12-14-26(15-13-25)18-8-4-17(21)5-9-18/h2-11H,12-15H2,1H3/b11-10+. The van der Waals surface area contributed by atoms with Crippen LogP contribution in [0.25, 0.3) is 11.8 Å². The Morgan fingerprint density at radius 1 is 0.889 bits per heavy atom. The maximum atomic E-state index is 13.1. The van der Waals surface area contributed by atoms with Crippen molar-refractivity contribution in [1.29, 1.82) is 0 Å². The molecule has 2 aromatic carbocycles. The number of piperazine rings is 1. The summed E-state index contributed by atoms with van der Waals surface area (Å²) in [6.07, 6.45) is 3.98. The Kier molecular flexibility index (Phi) is 4.82. The minimum absolute atomic E-state index is 0.202. The maximum absolute atomic E-state index is 13.1. The van der Waals surface area contributed by atoms with Gasteiger partial charge >= 0.3 is 0 Å². The van der Waals surface area contributed by atoms with Gasteiger partial charge in [0.25, 0.3) is 0 Å². The van der Waals surface area contributed by atoms with Gasteiger partial charge in [0.2, 0.25) is 0 Å². The molecule has 6 nitrogen and oxygen atoms in total. The number of hydrogen-bond donors (Lipinski definition) is 0. The highest BCUT2D eigenvalue weighted by Crippen LogP contribution is 2.17. The third-order valence-corrected chi connectivity index (χ3v) is 4.71. The molecule has 27 heavy (non-hydrogen) atoms. The molecule has 0 unspecified atom stereocenters. The molecule has 0 bridgehead atoms. The molecule has 138 valence electrons. The number of aryl methyl sites for hydroxylation is 1. The third-order valence-electron chi connectivity index (χ3n) is 4.71. The van der Waals surface area contributed by atoms with E-state index in [1.54, 1.807) is 4.68 Å². The summed E-state index contributed by atoms with van der Waals surface area (Å²) >= 11 is 0. The third kappa shape index (κ3) is 3.97. The fourth-order valence-electron chi connectivity index (χ4n) is 3.12. The molecule has 4 rings (SSSR count). The number of aromatic nitrogens is 4. The lowest BCUT2D eigenvalue weighted by Crippen LogP contribution is -2.44. The van der Waals surface area contributed by atoms with E-state index in [2.05, 4.69) is 32.2 Å². The first-order chi connectivity index (χ1) is 13.2. The van der Waals surface area contributed by atoms with Crippen LogP contribution in [0.15, 0.2) is 54.7 Å². The number of benzene rings is 2. The molecule has 0 spiro atoms. The Morgan fingerprint density at radius 3 is 2.26 bits per heavy atom. The number of tetrazole rings is 1. The first-order valence-electron chi connectivity index (χ1n) is 8.97. The fourth-order valence-corrected chi connectivity index (χ4v) is 3.12. The summed E-state index contributed by atoms with van der Waals surface area (Å²) in [5.74, 6) is 0.492. The lowest BCUT2D eigenvalue weighted by Gasteiger charge is -2.35. The van der Waals surface area contributed by atoms with Gasteiger partial charge in [-0.3, -0.25) is 0 Å². The van der Waals surface area contributed by atoms with Crippen molar-refractivity contribution in [3.05, 3.63) is 71.9 Å². The zero-order chi connectivity index (χ0) is 18.6. The average molecular weight is 364 g/mol. The maximum Gasteiger partial charge on any atom is 0.181 e. The zero-order valence-corrected chi connectivity index (χ0v) is 15.2. The largest absolute Gasteiger partial charge is 0.374 e. The summed E-state index contributed by atoms with van der Waals surface area (Å²) in [7, 11) is 0. The van der Waals surface area contributed by atoms with Crippen LogP contribution in [0, 0.1) is 12.7 Å². The molecule has 1 aliphatic heterocycles.